The second kappa shape index (κ2) is 6.66. The first-order chi connectivity index (χ1) is 11.6. The molecule has 1 aromatic heterocycles. The molecule has 7 nitrogen and oxygen atoms in total. The molecule has 0 fully saturated rings. The molecular weight excluding hydrogens is 310 g/mol. The molecule has 0 aliphatic heterocycles. The molecule has 0 saturated carbocycles. The van der Waals surface area contributed by atoms with Crippen molar-refractivity contribution in [2.75, 3.05) is 12.4 Å². The number of amides is 1. The Morgan fingerprint density at radius 1 is 1.42 bits per heavy atom. The number of ether oxygens (including phenoxy) is 1. The van der Waals surface area contributed by atoms with Crippen LogP contribution >= 0.6 is 0 Å². The average molecular weight is 327 g/mol. The molecule has 1 amide bonds. The van der Waals surface area contributed by atoms with Gasteiger partial charge in [-0.25, -0.2) is 0 Å². The SMILES string of the molecule is COc1ccc([N+](=O)[O-])cc1NC(=O)[C@@H]1CCCc2cccnc21. The number of nitrogens with one attached hydrogen (secondary N) is 1. The quantitative estimate of drug-likeness (QED) is 0.688. The van der Waals surface area contributed by atoms with E-state index in [-0.39, 0.29) is 17.5 Å². The fourth-order valence-corrected chi connectivity index (χ4v) is 2.99. The number of hydrogen-bond donors (Lipinski definition) is 1. The number of anilines is 1. The number of carbonyl (C=O) groups excluding carboxylic acids is 1. The molecule has 0 radical (unpaired) electrons. The van der Waals surface area contributed by atoms with Crippen molar-refractivity contribution in [3.63, 3.8) is 0 Å². The maximum Gasteiger partial charge on any atom is 0.271 e. The molecule has 0 saturated heterocycles. The van der Waals surface area contributed by atoms with Crippen LogP contribution in [0, 0.1) is 10.1 Å². The zero-order valence-corrected chi connectivity index (χ0v) is 13.2. The number of benzene rings is 1. The highest BCUT2D eigenvalue weighted by atomic mass is 16.6. The van der Waals surface area contributed by atoms with E-state index in [9.17, 15) is 14.9 Å². The number of aryl methyl sites for hydroxylation is 1. The molecule has 3 rings (SSSR count). The molecule has 0 unspecified atom stereocenters. The Kier molecular flexibility index (Phi) is 4.41. The predicted octanol–water partition coefficient (Wildman–Crippen LogP) is 3.06. The maximum absolute atomic E-state index is 12.7. The van der Waals surface area contributed by atoms with Crippen LogP contribution in [0.25, 0.3) is 0 Å². The van der Waals surface area contributed by atoms with Gasteiger partial charge in [0.25, 0.3) is 5.69 Å². The van der Waals surface area contributed by atoms with E-state index < -0.39 is 4.92 Å². The number of nitro benzene ring substituents is 1. The summed E-state index contributed by atoms with van der Waals surface area (Å²) in [6.45, 7) is 0. The normalized spacial score (nSPS) is 16.1. The van der Waals surface area contributed by atoms with Crippen molar-refractivity contribution < 1.29 is 14.5 Å². The number of carbonyl (C=O) groups is 1. The summed E-state index contributed by atoms with van der Waals surface area (Å²) in [5, 5.41) is 13.7. The highest BCUT2D eigenvalue weighted by molar-refractivity contribution is 5.97. The molecule has 1 heterocycles. The number of nitrogens with zero attached hydrogens (tertiary/aromatic N) is 2. The molecule has 0 spiro atoms. The number of aromatic nitrogens is 1. The second-order valence-corrected chi connectivity index (χ2v) is 5.62. The van der Waals surface area contributed by atoms with Gasteiger partial charge in [0.15, 0.2) is 0 Å². The minimum Gasteiger partial charge on any atom is -0.495 e. The lowest BCUT2D eigenvalue weighted by Gasteiger charge is -2.23. The summed E-state index contributed by atoms with van der Waals surface area (Å²) in [6.07, 6.45) is 4.20. The van der Waals surface area contributed by atoms with E-state index >= 15 is 0 Å². The van der Waals surface area contributed by atoms with Crippen LogP contribution in [-0.2, 0) is 11.2 Å². The largest absolute Gasteiger partial charge is 0.495 e. The van der Waals surface area contributed by atoms with E-state index in [1.54, 1.807) is 6.20 Å². The van der Waals surface area contributed by atoms with Crippen LogP contribution in [0.1, 0.15) is 30.0 Å². The van der Waals surface area contributed by atoms with Crippen LogP contribution in [0.2, 0.25) is 0 Å². The van der Waals surface area contributed by atoms with Crippen molar-refractivity contribution in [3.8, 4) is 5.75 Å². The molecule has 2 aromatic rings. The van der Waals surface area contributed by atoms with E-state index in [0.29, 0.717) is 17.9 Å². The van der Waals surface area contributed by atoms with Gasteiger partial charge in [0.1, 0.15) is 5.75 Å². The molecule has 1 aliphatic carbocycles. The van der Waals surface area contributed by atoms with Crippen LogP contribution in [0.5, 0.6) is 5.75 Å². The van der Waals surface area contributed by atoms with E-state index in [4.69, 9.17) is 4.74 Å². The fourth-order valence-electron chi connectivity index (χ4n) is 2.99. The van der Waals surface area contributed by atoms with Crippen molar-refractivity contribution in [3.05, 3.63) is 57.9 Å². The molecule has 7 heteroatoms. The number of pyridine rings is 1. The fraction of sp³-hybridized carbons (Fsp3) is 0.294. The molecular formula is C17H17N3O4. The summed E-state index contributed by atoms with van der Waals surface area (Å²) < 4.78 is 5.18. The zero-order chi connectivity index (χ0) is 17.1. The third-order valence-corrected chi connectivity index (χ3v) is 4.16. The Bertz CT molecular complexity index is 791. The summed E-state index contributed by atoms with van der Waals surface area (Å²) in [4.78, 5) is 27.5. The number of fused-ring (bicyclic) bond motifs is 1. The first kappa shape index (κ1) is 15.9. The van der Waals surface area contributed by atoms with Gasteiger partial charge in [0.2, 0.25) is 5.91 Å². The van der Waals surface area contributed by atoms with Crippen molar-refractivity contribution in [2.45, 2.75) is 25.2 Å². The van der Waals surface area contributed by atoms with Gasteiger partial charge >= 0.3 is 0 Å². The topological polar surface area (TPSA) is 94.4 Å². The Morgan fingerprint density at radius 2 is 2.25 bits per heavy atom. The van der Waals surface area contributed by atoms with Crippen molar-refractivity contribution >= 4 is 17.3 Å². The van der Waals surface area contributed by atoms with Crippen LogP contribution in [0.15, 0.2) is 36.5 Å². The Hall–Kier alpha value is -2.96. The third kappa shape index (κ3) is 3.05. The van der Waals surface area contributed by atoms with Crippen LogP contribution in [-0.4, -0.2) is 22.9 Å². The van der Waals surface area contributed by atoms with Gasteiger partial charge in [-0.1, -0.05) is 6.07 Å². The zero-order valence-electron chi connectivity index (χ0n) is 13.2. The lowest BCUT2D eigenvalue weighted by atomic mass is 9.86. The Balaban J connectivity index is 1.88. The predicted molar refractivity (Wildman–Crippen MR) is 88.2 cm³/mol. The van der Waals surface area contributed by atoms with Gasteiger partial charge in [-0.2, -0.15) is 0 Å². The van der Waals surface area contributed by atoms with Crippen molar-refractivity contribution in [1.29, 1.82) is 0 Å². The van der Waals surface area contributed by atoms with Crippen molar-refractivity contribution in [2.24, 2.45) is 0 Å². The number of rotatable bonds is 4. The summed E-state index contributed by atoms with van der Waals surface area (Å²) >= 11 is 0. The first-order valence-electron chi connectivity index (χ1n) is 7.67. The standard InChI is InChI=1S/C17H17N3O4/c1-24-15-8-7-12(20(22)23)10-14(15)19-17(21)13-6-2-4-11-5-3-9-18-16(11)13/h3,5,7-10,13H,2,4,6H2,1H3,(H,19,21)/t13-/m1/s1. The molecule has 1 N–H and O–H groups in total. The van der Waals surface area contributed by atoms with E-state index in [2.05, 4.69) is 10.3 Å². The summed E-state index contributed by atoms with van der Waals surface area (Å²) in [7, 11) is 1.45. The summed E-state index contributed by atoms with van der Waals surface area (Å²) in [6, 6.07) is 7.96. The summed E-state index contributed by atoms with van der Waals surface area (Å²) in [5.41, 5.74) is 2.05. The van der Waals surface area contributed by atoms with Crippen LogP contribution < -0.4 is 10.1 Å². The van der Waals surface area contributed by atoms with E-state index in [1.807, 2.05) is 12.1 Å². The smallest absolute Gasteiger partial charge is 0.271 e. The minimum absolute atomic E-state index is 0.103. The average Bonchev–Trinajstić information content (AvgIpc) is 2.61. The van der Waals surface area contributed by atoms with Gasteiger partial charge in [-0.3, -0.25) is 19.9 Å². The first-order valence-corrected chi connectivity index (χ1v) is 7.67. The van der Waals surface area contributed by atoms with Gasteiger partial charge in [-0.15, -0.1) is 0 Å². The van der Waals surface area contributed by atoms with Crippen LogP contribution in [0.4, 0.5) is 11.4 Å². The molecule has 1 aromatic carbocycles. The lowest BCUT2D eigenvalue weighted by Crippen LogP contribution is -2.25. The Labute approximate surface area is 138 Å². The van der Waals surface area contributed by atoms with Crippen LogP contribution in [0.3, 0.4) is 0 Å². The highest BCUT2D eigenvalue weighted by Crippen LogP contribution is 2.33. The third-order valence-electron chi connectivity index (χ3n) is 4.16. The lowest BCUT2D eigenvalue weighted by molar-refractivity contribution is -0.384. The maximum atomic E-state index is 12.7. The van der Waals surface area contributed by atoms with Crippen molar-refractivity contribution in [1.82, 2.24) is 4.98 Å². The number of hydrogen-bond acceptors (Lipinski definition) is 5. The second-order valence-electron chi connectivity index (χ2n) is 5.62. The van der Waals surface area contributed by atoms with Gasteiger partial charge in [0, 0.05) is 18.3 Å². The molecule has 124 valence electrons. The minimum atomic E-state index is -0.507. The Morgan fingerprint density at radius 3 is 3.00 bits per heavy atom. The van der Waals surface area contributed by atoms with E-state index in [0.717, 1.165) is 24.1 Å². The molecule has 0 bridgehead atoms. The molecule has 1 atom stereocenters. The summed E-state index contributed by atoms with van der Waals surface area (Å²) in [5.74, 6) is -0.210. The molecule has 1 aliphatic rings. The monoisotopic (exact) mass is 327 g/mol. The number of nitro groups is 1. The van der Waals surface area contributed by atoms with Gasteiger partial charge in [-0.05, 0) is 37.0 Å². The number of methoxy groups -OCH3 is 1. The number of non-ortho nitro benzene ring substituents is 1. The molecule has 24 heavy (non-hydrogen) atoms. The van der Waals surface area contributed by atoms with Gasteiger partial charge in [0.05, 0.1) is 29.3 Å². The van der Waals surface area contributed by atoms with Gasteiger partial charge < -0.3 is 10.1 Å². The highest BCUT2D eigenvalue weighted by Gasteiger charge is 2.28. The van der Waals surface area contributed by atoms with E-state index in [1.165, 1.54) is 25.3 Å².